The van der Waals surface area contributed by atoms with E-state index in [9.17, 15) is 4.79 Å². The fraction of sp³-hybridized carbons (Fsp3) is 0.750. The monoisotopic (exact) mass is 311 g/mol. The van der Waals surface area contributed by atoms with Gasteiger partial charge in [0.2, 0.25) is 0 Å². The second-order valence-corrected chi connectivity index (χ2v) is 6.65. The minimum atomic E-state index is -0.321. The van der Waals surface area contributed by atoms with Gasteiger partial charge >= 0.3 is 0 Å². The zero-order chi connectivity index (χ0) is 15.6. The highest BCUT2D eigenvalue weighted by Gasteiger charge is 2.41. The number of halogens is 1. The van der Waals surface area contributed by atoms with Crippen molar-refractivity contribution in [2.45, 2.75) is 57.4 Å². The number of carbonyl (C=O) groups excluding carboxylic acids is 1. The summed E-state index contributed by atoms with van der Waals surface area (Å²) in [6.07, 6.45) is 6.56. The van der Waals surface area contributed by atoms with Crippen molar-refractivity contribution in [3.05, 3.63) is 16.4 Å². The summed E-state index contributed by atoms with van der Waals surface area (Å²) in [6, 6.07) is 0. The number of ketones is 1. The van der Waals surface area contributed by atoms with E-state index in [1.807, 2.05) is 28.1 Å². The van der Waals surface area contributed by atoms with Crippen LogP contribution in [0.1, 0.15) is 50.4 Å². The van der Waals surface area contributed by atoms with E-state index in [1.165, 1.54) is 6.42 Å². The van der Waals surface area contributed by atoms with Gasteiger partial charge in [0.15, 0.2) is 5.78 Å². The third-order valence-corrected chi connectivity index (χ3v) is 5.32. The van der Waals surface area contributed by atoms with E-state index in [-0.39, 0.29) is 11.3 Å². The number of rotatable bonds is 5. The van der Waals surface area contributed by atoms with Gasteiger partial charge in [0.05, 0.1) is 28.4 Å². The summed E-state index contributed by atoms with van der Waals surface area (Å²) in [5.74, 6) is 0.278. The SMILES string of the molecule is CCc1nn(C)c(CC(=O)C2(N(C)C)CCCCC2)c1Cl. The first-order chi connectivity index (χ1) is 9.92. The summed E-state index contributed by atoms with van der Waals surface area (Å²) >= 11 is 6.39. The Hall–Kier alpha value is -0.870. The van der Waals surface area contributed by atoms with Gasteiger partial charge in [-0.25, -0.2) is 0 Å². The molecule has 1 heterocycles. The van der Waals surface area contributed by atoms with Crippen LogP contribution in [0.2, 0.25) is 5.02 Å². The summed E-state index contributed by atoms with van der Waals surface area (Å²) in [6.45, 7) is 2.03. The molecule has 1 aromatic heterocycles. The molecule has 1 fully saturated rings. The fourth-order valence-corrected chi connectivity index (χ4v) is 3.80. The molecule has 4 nitrogen and oxygen atoms in total. The predicted molar refractivity (Wildman–Crippen MR) is 85.8 cm³/mol. The summed E-state index contributed by atoms with van der Waals surface area (Å²) in [7, 11) is 5.91. The fourth-order valence-electron chi connectivity index (χ4n) is 3.44. The van der Waals surface area contributed by atoms with Crippen LogP contribution in [-0.2, 0) is 24.7 Å². The number of hydrogen-bond acceptors (Lipinski definition) is 3. The van der Waals surface area contributed by atoms with Crippen LogP contribution in [0.15, 0.2) is 0 Å². The Kier molecular flexibility index (Phi) is 5.10. The topological polar surface area (TPSA) is 38.1 Å². The van der Waals surface area contributed by atoms with Gasteiger partial charge < -0.3 is 0 Å². The van der Waals surface area contributed by atoms with Gasteiger partial charge in [-0.1, -0.05) is 37.8 Å². The molecule has 0 amide bonds. The third kappa shape index (κ3) is 3.02. The smallest absolute Gasteiger partial charge is 0.159 e. The molecule has 1 aliphatic carbocycles. The summed E-state index contributed by atoms with van der Waals surface area (Å²) < 4.78 is 1.77. The Morgan fingerprint density at radius 2 is 1.95 bits per heavy atom. The predicted octanol–water partition coefficient (Wildman–Crippen LogP) is 3.01. The van der Waals surface area contributed by atoms with Gasteiger partial charge in [0.1, 0.15) is 0 Å². The van der Waals surface area contributed by atoms with E-state index < -0.39 is 0 Å². The van der Waals surface area contributed by atoms with E-state index in [2.05, 4.69) is 10.00 Å². The van der Waals surface area contributed by atoms with Crippen molar-refractivity contribution >= 4 is 17.4 Å². The van der Waals surface area contributed by atoms with Crippen LogP contribution in [0, 0.1) is 0 Å². The van der Waals surface area contributed by atoms with Gasteiger partial charge in [-0.05, 0) is 33.4 Å². The lowest BCUT2D eigenvalue weighted by molar-refractivity contribution is -0.131. The third-order valence-electron chi connectivity index (χ3n) is 4.89. The Balaban J connectivity index is 2.25. The minimum absolute atomic E-state index is 0.278. The minimum Gasteiger partial charge on any atom is -0.297 e. The zero-order valence-corrected chi connectivity index (χ0v) is 14.3. The van der Waals surface area contributed by atoms with Crippen LogP contribution < -0.4 is 0 Å². The standard InChI is InChI=1S/C16H26ClN3O/c1-5-12-15(17)13(20(4)18-12)11-14(21)16(19(2)3)9-7-6-8-10-16/h5-11H2,1-4H3. The van der Waals surface area contributed by atoms with Gasteiger partial charge in [-0.2, -0.15) is 5.10 Å². The van der Waals surface area contributed by atoms with Crippen molar-refractivity contribution in [2.24, 2.45) is 7.05 Å². The highest BCUT2D eigenvalue weighted by Crippen LogP contribution is 2.34. The number of Topliss-reactive ketones (excluding diaryl/α,β-unsaturated/α-hetero) is 1. The molecule has 118 valence electrons. The summed E-state index contributed by atoms with van der Waals surface area (Å²) in [5, 5.41) is 5.08. The first-order valence-corrected chi connectivity index (χ1v) is 8.21. The van der Waals surface area contributed by atoms with Crippen molar-refractivity contribution in [2.75, 3.05) is 14.1 Å². The number of aromatic nitrogens is 2. The van der Waals surface area contributed by atoms with Crippen molar-refractivity contribution < 1.29 is 4.79 Å². The molecular formula is C16H26ClN3O. The van der Waals surface area contributed by atoms with Gasteiger partial charge in [-0.15, -0.1) is 0 Å². The molecular weight excluding hydrogens is 286 g/mol. The highest BCUT2D eigenvalue weighted by atomic mass is 35.5. The number of carbonyl (C=O) groups is 1. The average molecular weight is 312 g/mol. The molecule has 5 heteroatoms. The second kappa shape index (κ2) is 6.49. The lowest BCUT2D eigenvalue weighted by Crippen LogP contribution is -2.53. The Morgan fingerprint density at radius 3 is 2.43 bits per heavy atom. The van der Waals surface area contributed by atoms with E-state index in [1.54, 1.807) is 4.68 Å². The summed E-state index contributed by atoms with van der Waals surface area (Å²) in [4.78, 5) is 15.1. The molecule has 1 aliphatic rings. The first-order valence-electron chi connectivity index (χ1n) is 7.83. The van der Waals surface area contributed by atoms with Crippen LogP contribution >= 0.6 is 11.6 Å². The van der Waals surface area contributed by atoms with Gasteiger partial charge in [0.25, 0.3) is 0 Å². The van der Waals surface area contributed by atoms with Crippen LogP contribution in [-0.4, -0.2) is 40.1 Å². The van der Waals surface area contributed by atoms with E-state index in [4.69, 9.17) is 11.6 Å². The van der Waals surface area contributed by atoms with Crippen molar-refractivity contribution in [1.82, 2.24) is 14.7 Å². The van der Waals surface area contributed by atoms with Gasteiger partial charge in [0, 0.05) is 7.05 Å². The molecule has 0 spiro atoms. The van der Waals surface area contributed by atoms with Gasteiger partial charge in [-0.3, -0.25) is 14.4 Å². The highest BCUT2D eigenvalue weighted by molar-refractivity contribution is 6.32. The lowest BCUT2D eigenvalue weighted by Gasteiger charge is -2.41. The normalized spacial score (nSPS) is 18.2. The maximum absolute atomic E-state index is 13.0. The molecule has 0 aliphatic heterocycles. The summed E-state index contributed by atoms with van der Waals surface area (Å²) in [5.41, 5.74) is 1.41. The quantitative estimate of drug-likeness (QED) is 0.839. The molecule has 1 aromatic rings. The zero-order valence-electron chi connectivity index (χ0n) is 13.6. The van der Waals surface area contributed by atoms with E-state index in [0.717, 1.165) is 43.5 Å². The van der Waals surface area contributed by atoms with E-state index in [0.29, 0.717) is 11.4 Å². The molecule has 0 N–H and O–H groups in total. The first kappa shape index (κ1) is 16.5. The van der Waals surface area contributed by atoms with E-state index >= 15 is 0 Å². The van der Waals surface area contributed by atoms with Crippen molar-refractivity contribution in [1.29, 1.82) is 0 Å². The lowest BCUT2D eigenvalue weighted by atomic mass is 9.76. The largest absolute Gasteiger partial charge is 0.297 e. The van der Waals surface area contributed by atoms with Crippen molar-refractivity contribution in [3.63, 3.8) is 0 Å². The van der Waals surface area contributed by atoms with Crippen LogP contribution in [0.4, 0.5) is 0 Å². The number of hydrogen-bond donors (Lipinski definition) is 0. The Bertz CT molecular complexity index is 516. The molecule has 1 saturated carbocycles. The van der Waals surface area contributed by atoms with Crippen molar-refractivity contribution in [3.8, 4) is 0 Å². The molecule has 21 heavy (non-hydrogen) atoms. The average Bonchev–Trinajstić information content (AvgIpc) is 2.75. The number of nitrogens with zero attached hydrogens (tertiary/aromatic N) is 3. The number of likely N-dealkylation sites (N-methyl/N-ethyl adjacent to an activating group) is 1. The van der Waals surface area contributed by atoms with Crippen LogP contribution in [0.25, 0.3) is 0 Å². The maximum Gasteiger partial charge on any atom is 0.159 e. The molecule has 0 radical (unpaired) electrons. The molecule has 0 aromatic carbocycles. The maximum atomic E-state index is 13.0. The van der Waals surface area contributed by atoms with Crippen LogP contribution in [0.3, 0.4) is 0 Å². The molecule has 0 unspecified atom stereocenters. The molecule has 0 bridgehead atoms. The molecule has 0 saturated heterocycles. The molecule has 2 rings (SSSR count). The Labute approximate surface area is 132 Å². The number of aryl methyl sites for hydroxylation is 2. The van der Waals surface area contributed by atoms with Crippen LogP contribution in [0.5, 0.6) is 0 Å². The Morgan fingerprint density at radius 1 is 1.33 bits per heavy atom. The second-order valence-electron chi connectivity index (χ2n) is 6.27. The molecule has 0 atom stereocenters.